The molecule has 0 radical (unpaired) electrons. The van der Waals surface area contributed by atoms with Crippen LogP contribution >= 0.6 is 11.6 Å². The summed E-state index contributed by atoms with van der Waals surface area (Å²) in [4.78, 5) is 34.3. The molecule has 6 nitrogen and oxygen atoms in total. The van der Waals surface area contributed by atoms with Gasteiger partial charge in [-0.2, -0.15) is 0 Å². The molecule has 1 heterocycles. The van der Waals surface area contributed by atoms with Crippen LogP contribution in [0.5, 0.6) is 0 Å². The molecular weight excluding hydrogens is 282 g/mol. The number of nitrogens with one attached hydrogen (secondary N) is 3. The molecule has 1 aliphatic rings. The van der Waals surface area contributed by atoms with E-state index in [1.54, 1.807) is 18.2 Å². The SMILES string of the molecule is Cc1ccc(NC(=O)NC2CCC(=O)NC2=O)cc1Cl. The molecule has 1 saturated heterocycles. The lowest BCUT2D eigenvalue weighted by Crippen LogP contribution is -2.53. The van der Waals surface area contributed by atoms with E-state index in [4.69, 9.17) is 11.6 Å². The van der Waals surface area contributed by atoms with Gasteiger partial charge in [0.05, 0.1) is 0 Å². The van der Waals surface area contributed by atoms with Crippen molar-refractivity contribution >= 4 is 35.1 Å². The second-order valence-electron chi connectivity index (χ2n) is 4.57. The molecule has 1 fully saturated rings. The minimum atomic E-state index is -0.700. The molecule has 0 aliphatic carbocycles. The van der Waals surface area contributed by atoms with E-state index in [1.807, 2.05) is 6.92 Å². The van der Waals surface area contributed by atoms with E-state index in [-0.39, 0.29) is 12.3 Å². The second kappa shape index (κ2) is 5.92. The maximum Gasteiger partial charge on any atom is 0.319 e. The molecule has 1 aromatic rings. The number of amides is 4. The molecule has 0 aromatic heterocycles. The van der Waals surface area contributed by atoms with Crippen LogP contribution in [0.25, 0.3) is 0 Å². The average Bonchev–Trinajstić information content (AvgIpc) is 2.37. The van der Waals surface area contributed by atoms with E-state index in [1.165, 1.54) is 0 Å². The van der Waals surface area contributed by atoms with Crippen LogP contribution in [0, 0.1) is 6.92 Å². The van der Waals surface area contributed by atoms with E-state index >= 15 is 0 Å². The Morgan fingerprint density at radius 2 is 2.15 bits per heavy atom. The monoisotopic (exact) mass is 295 g/mol. The Bertz CT molecular complexity index is 574. The summed E-state index contributed by atoms with van der Waals surface area (Å²) in [6, 6.07) is 3.91. The van der Waals surface area contributed by atoms with Gasteiger partial charge in [-0.25, -0.2) is 4.79 Å². The van der Waals surface area contributed by atoms with Crippen molar-refractivity contribution < 1.29 is 14.4 Å². The fourth-order valence-electron chi connectivity index (χ4n) is 1.83. The van der Waals surface area contributed by atoms with Crippen molar-refractivity contribution in [2.45, 2.75) is 25.8 Å². The van der Waals surface area contributed by atoms with Gasteiger partial charge >= 0.3 is 6.03 Å². The van der Waals surface area contributed by atoms with Gasteiger partial charge in [0.15, 0.2) is 0 Å². The van der Waals surface area contributed by atoms with Gasteiger partial charge in [0.1, 0.15) is 6.04 Å². The molecule has 1 unspecified atom stereocenters. The Kier molecular flexibility index (Phi) is 4.24. The highest BCUT2D eigenvalue weighted by atomic mass is 35.5. The van der Waals surface area contributed by atoms with Crippen LogP contribution in [0.4, 0.5) is 10.5 Å². The van der Waals surface area contributed by atoms with Gasteiger partial charge in [-0.05, 0) is 31.0 Å². The van der Waals surface area contributed by atoms with Crippen LogP contribution in [-0.2, 0) is 9.59 Å². The lowest BCUT2D eigenvalue weighted by molar-refractivity contribution is -0.134. The Morgan fingerprint density at radius 1 is 1.40 bits per heavy atom. The highest BCUT2D eigenvalue weighted by Crippen LogP contribution is 2.19. The summed E-state index contributed by atoms with van der Waals surface area (Å²) in [5.41, 5.74) is 1.44. The standard InChI is InChI=1S/C13H14ClN3O3/c1-7-2-3-8(6-9(7)14)15-13(20)16-10-4-5-11(18)17-12(10)19/h2-3,6,10H,4-5H2,1H3,(H2,15,16,20)(H,17,18,19). The second-order valence-corrected chi connectivity index (χ2v) is 4.97. The first-order valence-electron chi connectivity index (χ1n) is 6.13. The van der Waals surface area contributed by atoms with Crippen LogP contribution in [0.1, 0.15) is 18.4 Å². The first-order chi connectivity index (χ1) is 9.45. The van der Waals surface area contributed by atoms with Gasteiger partial charge in [-0.3, -0.25) is 14.9 Å². The Hall–Kier alpha value is -2.08. The third kappa shape index (κ3) is 3.48. The molecular formula is C13H14ClN3O3. The lowest BCUT2D eigenvalue weighted by Gasteiger charge is -2.21. The summed E-state index contributed by atoms with van der Waals surface area (Å²) in [6.45, 7) is 1.86. The molecule has 1 atom stereocenters. The molecule has 0 spiro atoms. The Labute approximate surface area is 120 Å². The Balaban J connectivity index is 1.93. The number of hydrogen-bond donors (Lipinski definition) is 3. The number of piperidine rings is 1. The van der Waals surface area contributed by atoms with Crippen LogP contribution < -0.4 is 16.0 Å². The predicted octanol–water partition coefficient (Wildman–Crippen LogP) is 1.58. The molecule has 4 amide bonds. The van der Waals surface area contributed by atoms with E-state index in [0.29, 0.717) is 17.1 Å². The van der Waals surface area contributed by atoms with Gasteiger partial charge in [0, 0.05) is 17.1 Å². The van der Waals surface area contributed by atoms with Crippen molar-refractivity contribution in [2.24, 2.45) is 0 Å². The van der Waals surface area contributed by atoms with Crippen LogP contribution in [0.2, 0.25) is 5.02 Å². The summed E-state index contributed by atoms with van der Waals surface area (Å²) in [5.74, 6) is -0.808. The highest BCUT2D eigenvalue weighted by Gasteiger charge is 2.27. The van der Waals surface area contributed by atoms with Gasteiger partial charge in [-0.15, -0.1) is 0 Å². The summed E-state index contributed by atoms with van der Waals surface area (Å²) in [5, 5.41) is 7.82. The lowest BCUT2D eigenvalue weighted by atomic mass is 10.1. The first kappa shape index (κ1) is 14.3. The van der Waals surface area contributed by atoms with E-state index in [9.17, 15) is 14.4 Å². The molecule has 0 bridgehead atoms. The number of hydrogen-bond acceptors (Lipinski definition) is 3. The number of rotatable bonds is 2. The average molecular weight is 296 g/mol. The highest BCUT2D eigenvalue weighted by molar-refractivity contribution is 6.31. The van der Waals surface area contributed by atoms with Crippen molar-refractivity contribution in [3.8, 4) is 0 Å². The smallest absolute Gasteiger partial charge is 0.319 e. The zero-order chi connectivity index (χ0) is 14.7. The van der Waals surface area contributed by atoms with E-state index in [2.05, 4.69) is 16.0 Å². The fourth-order valence-corrected chi connectivity index (χ4v) is 2.01. The molecule has 3 N–H and O–H groups in total. The minimum Gasteiger partial charge on any atom is -0.326 e. The molecule has 1 aliphatic heterocycles. The molecule has 0 saturated carbocycles. The predicted molar refractivity (Wildman–Crippen MR) is 74.5 cm³/mol. The number of halogens is 1. The largest absolute Gasteiger partial charge is 0.326 e. The van der Waals surface area contributed by atoms with Gasteiger partial charge in [-0.1, -0.05) is 17.7 Å². The minimum absolute atomic E-state index is 0.215. The normalized spacial score (nSPS) is 18.4. The number of anilines is 1. The summed E-state index contributed by atoms with van der Waals surface area (Å²) in [7, 11) is 0. The third-order valence-corrected chi connectivity index (χ3v) is 3.38. The van der Waals surface area contributed by atoms with Crippen molar-refractivity contribution in [1.29, 1.82) is 0 Å². The summed E-state index contributed by atoms with van der Waals surface area (Å²) < 4.78 is 0. The molecule has 2 rings (SSSR count). The number of imide groups is 1. The van der Waals surface area contributed by atoms with Crippen molar-refractivity contribution in [1.82, 2.24) is 10.6 Å². The van der Waals surface area contributed by atoms with Crippen LogP contribution in [0.3, 0.4) is 0 Å². The fraction of sp³-hybridized carbons (Fsp3) is 0.308. The molecule has 1 aromatic carbocycles. The van der Waals surface area contributed by atoms with Gasteiger partial charge in [0.2, 0.25) is 11.8 Å². The number of benzene rings is 1. The number of carbonyl (C=O) groups is 3. The summed E-state index contributed by atoms with van der Waals surface area (Å²) >= 11 is 5.96. The maximum atomic E-state index is 11.8. The quantitative estimate of drug-likeness (QED) is 0.724. The number of urea groups is 1. The Morgan fingerprint density at radius 3 is 2.80 bits per heavy atom. The summed E-state index contributed by atoms with van der Waals surface area (Å²) in [6.07, 6.45) is 0.514. The van der Waals surface area contributed by atoms with Crippen molar-refractivity contribution in [2.75, 3.05) is 5.32 Å². The van der Waals surface area contributed by atoms with Crippen molar-refractivity contribution in [3.63, 3.8) is 0 Å². The topological polar surface area (TPSA) is 87.3 Å². The zero-order valence-electron chi connectivity index (χ0n) is 10.8. The van der Waals surface area contributed by atoms with Gasteiger partial charge < -0.3 is 10.6 Å². The van der Waals surface area contributed by atoms with E-state index < -0.39 is 18.0 Å². The van der Waals surface area contributed by atoms with E-state index in [0.717, 1.165) is 5.56 Å². The molecule has 20 heavy (non-hydrogen) atoms. The number of aryl methyl sites for hydroxylation is 1. The van der Waals surface area contributed by atoms with Crippen LogP contribution in [0.15, 0.2) is 18.2 Å². The first-order valence-corrected chi connectivity index (χ1v) is 6.51. The van der Waals surface area contributed by atoms with Gasteiger partial charge in [0.25, 0.3) is 0 Å². The molecule has 7 heteroatoms. The molecule has 106 valence electrons. The van der Waals surface area contributed by atoms with Crippen LogP contribution in [-0.4, -0.2) is 23.9 Å². The van der Waals surface area contributed by atoms with Crippen molar-refractivity contribution in [3.05, 3.63) is 28.8 Å². The zero-order valence-corrected chi connectivity index (χ0v) is 11.6. The number of carbonyl (C=O) groups excluding carboxylic acids is 3. The maximum absolute atomic E-state index is 11.8. The third-order valence-electron chi connectivity index (χ3n) is 2.97.